The number of aliphatic carboxylic acids is 1. The fraction of sp³-hybridized carbons (Fsp3) is 0.757. The summed E-state index contributed by atoms with van der Waals surface area (Å²) >= 11 is 0. The van der Waals surface area contributed by atoms with Gasteiger partial charge in [-0.15, -0.1) is 0 Å². The number of carboxylic acids is 1. The monoisotopic (exact) mass is 746 g/mol. The summed E-state index contributed by atoms with van der Waals surface area (Å²) in [5.74, 6) is -0.820. The molecule has 4 rings (SSSR count). The van der Waals surface area contributed by atoms with Crippen LogP contribution in [0.2, 0.25) is 12.6 Å². The molecule has 4 atom stereocenters. The maximum atomic E-state index is 12.9. The van der Waals surface area contributed by atoms with Crippen molar-refractivity contribution in [2.75, 3.05) is 54.4 Å². The summed E-state index contributed by atoms with van der Waals surface area (Å²) in [6.45, 7) is 13.9. The molecule has 0 spiro atoms. The summed E-state index contributed by atoms with van der Waals surface area (Å²) in [5, 5.41) is 30.1. The Morgan fingerprint density at radius 3 is 2.04 bits per heavy atom. The Hall–Kier alpha value is -2.81. The van der Waals surface area contributed by atoms with E-state index in [1.54, 1.807) is 0 Å². The van der Waals surface area contributed by atoms with Crippen LogP contribution in [-0.2, 0) is 35.0 Å². The van der Waals surface area contributed by atoms with Gasteiger partial charge < -0.3 is 49.2 Å². The number of hydrogen-bond acceptors (Lipinski definition) is 12. The number of amides is 1. The van der Waals surface area contributed by atoms with Crippen LogP contribution in [0.1, 0.15) is 78.7 Å². The molecule has 0 bridgehead atoms. The second kappa shape index (κ2) is 20.8. The molecular formula is C37H64B2N4O10. The molecule has 16 heteroatoms. The predicted octanol–water partition coefficient (Wildman–Crippen LogP) is 3.49. The normalized spacial score (nSPS) is 25.7. The van der Waals surface area contributed by atoms with E-state index in [9.17, 15) is 14.7 Å². The van der Waals surface area contributed by atoms with E-state index in [0.717, 1.165) is 50.7 Å². The quantitative estimate of drug-likeness (QED) is 0.192. The molecule has 4 N–H and O–H groups in total. The molecule has 3 aliphatic rings. The standard InChI is InChI=1S/C25H41BN2O4.C11H23BN2O4.CO2/c1-20-25(19-27(6)7,14-11-16-26-31-23(2,3)24(4,5)32-26)15-17-28(20)22(29)30-18-21-12-9-8-10-13-21;1-14(2)8-11(4-3-6-12(17)18)5-7-13-9(11)10(15)16;2-1-3/h8-10,12-13,20H,11,14-19H2,1-7H3;9,13,17-18H,3-8H2,1-2H3,(H,15,16);/t20-,25-;9-,11-;/m11./s1. The fourth-order valence-electron chi connectivity index (χ4n) is 8.05. The third-order valence-electron chi connectivity index (χ3n) is 11.3. The number of benzene rings is 1. The van der Waals surface area contributed by atoms with E-state index in [0.29, 0.717) is 38.9 Å². The molecule has 0 saturated carbocycles. The van der Waals surface area contributed by atoms with E-state index in [2.05, 4.69) is 58.9 Å². The van der Waals surface area contributed by atoms with E-state index in [1.807, 2.05) is 54.2 Å². The molecule has 14 nitrogen and oxygen atoms in total. The molecule has 1 aromatic carbocycles. The second-order valence-corrected chi connectivity index (χ2v) is 16.4. The number of nitrogens with one attached hydrogen (secondary N) is 1. The van der Waals surface area contributed by atoms with Crippen LogP contribution in [0, 0.1) is 10.8 Å². The van der Waals surface area contributed by atoms with Gasteiger partial charge in [-0.1, -0.05) is 43.2 Å². The van der Waals surface area contributed by atoms with Gasteiger partial charge in [-0.05, 0) is 113 Å². The Bertz CT molecular complexity index is 1300. The molecular weight excluding hydrogens is 682 g/mol. The van der Waals surface area contributed by atoms with E-state index < -0.39 is 19.1 Å². The van der Waals surface area contributed by atoms with E-state index in [-0.39, 0.29) is 47.4 Å². The fourth-order valence-corrected chi connectivity index (χ4v) is 8.05. The average Bonchev–Trinajstić information content (AvgIpc) is 3.66. The van der Waals surface area contributed by atoms with E-state index in [4.69, 9.17) is 33.7 Å². The highest BCUT2D eigenvalue weighted by atomic mass is 16.7. The Labute approximate surface area is 317 Å². The van der Waals surface area contributed by atoms with Crippen molar-refractivity contribution >= 4 is 32.5 Å². The molecule has 3 aliphatic heterocycles. The first-order chi connectivity index (χ1) is 24.7. The zero-order valence-corrected chi connectivity index (χ0v) is 33.4. The largest absolute Gasteiger partial charge is 0.480 e. The van der Waals surface area contributed by atoms with Gasteiger partial charge in [-0.3, -0.25) is 4.79 Å². The summed E-state index contributed by atoms with van der Waals surface area (Å²) < 4.78 is 18.0. The van der Waals surface area contributed by atoms with Gasteiger partial charge in [0.25, 0.3) is 0 Å². The number of carbonyl (C=O) groups is 2. The highest BCUT2D eigenvalue weighted by Gasteiger charge is 2.52. The van der Waals surface area contributed by atoms with Crippen molar-refractivity contribution in [3.63, 3.8) is 0 Å². The maximum Gasteiger partial charge on any atom is 0.457 e. The van der Waals surface area contributed by atoms with Crippen molar-refractivity contribution in [2.45, 2.75) is 116 Å². The van der Waals surface area contributed by atoms with Gasteiger partial charge in [0.15, 0.2) is 0 Å². The van der Waals surface area contributed by atoms with E-state index in [1.165, 1.54) is 0 Å². The van der Waals surface area contributed by atoms with Crippen LogP contribution in [0.3, 0.4) is 0 Å². The number of carbonyl (C=O) groups excluding carboxylic acids is 3. The van der Waals surface area contributed by atoms with Crippen molar-refractivity contribution in [3.05, 3.63) is 35.9 Å². The van der Waals surface area contributed by atoms with Crippen molar-refractivity contribution in [1.29, 1.82) is 0 Å². The summed E-state index contributed by atoms with van der Waals surface area (Å²) in [7, 11) is 6.61. The van der Waals surface area contributed by atoms with Crippen LogP contribution in [-0.4, -0.2) is 140 Å². The first kappa shape index (κ1) is 46.3. The lowest BCUT2D eigenvalue weighted by atomic mass is 9.72. The SMILES string of the molecule is CN(C)C[C@@]1(CCCB(O)O)CCN[C@@H]1C(=O)O.C[C@H]1N(C(=O)OCc2ccccc2)CC[C@]1(CCCB1OC(C)(C)C(C)(C)O1)CN(C)C.O=C=O. The number of rotatable bonds is 15. The molecule has 298 valence electrons. The Balaban J connectivity index is 0.000000391. The molecule has 3 saturated heterocycles. The molecule has 0 radical (unpaired) electrons. The summed E-state index contributed by atoms with van der Waals surface area (Å²) in [5.41, 5.74) is 0.149. The minimum Gasteiger partial charge on any atom is -0.480 e. The first-order valence-electron chi connectivity index (χ1n) is 18.7. The van der Waals surface area contributed by atoms with Crippen molar-refractivity contribution in [2.24, 2.45) is 10.8 Å². The number of carboxylic acid groups (broad SMARTS) is 1. The lowest BCUT2D eigenvalue weighted by Gasteiger charge is -2.38. The molecule has 1 aromatic rings. The minimum atomic E-state index is -1.31. The molecule has 3 fully saturated rings. The van der Waals surface area contributed by atoms with Gasteiger partial charge in [-0.2, -0.15) is 9.59 Å². The Morgan fingerprint density at radius 2 is 1.51 bits per heavy atom. The van der Waals surface area contributed by atoms with Crippen LogP contribution in [0.4, 0.5) is 4.79 Å². The van der Waals surface area contributed by atoms with Crippen molar-refractivity contribution < 1.29 is 48.4 Å². The average molecular weight is 747 g/mol. The minimum absolute atomic E-state index is 0.0406. The van der Waals surface area contributed by atoms with Crippen molar-refractivity contribution in [1.82, 2.24) is 20.0 Å². The molecule has 3 heterocycles. The van der Waals surface area contributed by atoms with Gasteiger partial charge >= 0.3 is 32.5 Å². The number of hydrogen-bond donors (Lipinski definition) is 4. The van der Waals surface area contributed by atoms with Gasteiger partial charge in [0.1, 0.15) is 12.6 Å². The maximum absolute atomic E-state index is 12.9. The third kappa shape index (κ3) is 13.5. The number of ether oxygens (including phenoxy) is 1. The Morgan fingerprint density at radius 1 is 0.962 bits per heavy atom. The van der Waals surface area contributed by atoms with Gasteiger partial charge in [-0.25, -0.2) is 4.79 Å². The summed E-state index contributed by atoms with van der Waals surface area (Å²) in [4.78, 5) is 46.6. The smallest absolute Gasteiger partial charge is 0.457 e. The van der Waals surface area contributed by atoms with Crippen LogP contribution >= 0.6 is 0 Å². The van der Waals surface area contributed by atoms with Gasteiger partial charge in [0.05, 0.1) is 11.2 Å². The first-order valence-corrected chi connectivity index (χ1v) is 18.7. The van der Waals surface area contributed by atoms with Crippen LogP contribution in [0.5, 0.6) is 0 Å². The highest BCUT2D eigenvalue weighted by Crippen LogP contribution is 2.44. The second-order valence-electron chi connectivity index (χ2n) is 16.4. The third-order valence-corrected chi connectivity index (χ3v) is 11.3. The van der Waals surface area contributed by atoms with E-state index >= 15 is 0 Å². The molecule has 53 heavy (non-hydrogen) atoms. The van der Waals surface area contributed by atoms with Crippen LogP contribution < -0.4 is 5.32 Å². The predicted molar refractivity (Wildman–Crippen MR) is 203 cm³/mol. The lowest BCUT2D eigenvalue weighted by Crippen LogP contribution is -2.48. The van der Waals surface area contributed by atoms with Crippen LogP contribution in [0.15, 0.2) is 30.3 Å². The van der Waals surface area contributed by atoms with Gasteiger partial charge in [0, 0.05) is 36.5 Å². The van der Waals surface area contributed by atoms with Crippen molar-refractivity contribution in [3.8, 4) is 0 Å². The molecule has 0 unspecified atom stereocenters. The lowest BCUT2D eigenvalue weighted by molar-refractivity contribution is -0.191. The Kier molecular flexibility index (Phi) is 18.1. The molecule has 0 aliphatic carbocycles. The zero-order chi connectivity index (χ0) is 40.0. The van der Waals surface area contributed by atoms with Crippen LogP contribution in [0.25, 0.3) is 0 Å². The highest BCUT2D eigenvalue weighted by molar-refractivity contribution is 6.45. The van der Waals surface area contributed by atoms with Gasteiger partial charge in [0.2, 0.25) is 0 Å². The number of nitrogens with zero attached hydrogens (tertiary/aromatic N) is 3. The summed E-state index contributed by atoms with van der Waals surface area (Å²) in [6, 6.07) is 9.42. The topological polar surface area (TPSA) is 178 Å². The summed E-state index contributed by atoms with van der Waals surface area (Å²) in [6.07, 6.45) is 6.33. The molecule has 1 amide bonds. The number of likely N-dealkylation sites (tertiary alicyclic amines) is 1. The molecule has 0 aromatic heterocycles. The zero-order valence-electron chi connectivity index (χ0n) is 33.4.